The van der Waals surface area contributed by atoms with Crippen LogP contribution in [0.25, 0.3) is 0 Å². The van der Waals surface area contributed by atoms with Crippen LogP contribution in [0.5, 0.6) is 0 Å². The van der Waals surface area contributed by atoms with Crippen LogP contribution in [0, 0.1) is 5.92 Å². The Bertz CT molecular complexity index is 855. The van der Waals surface area contributed by atoms with Crippen LogP contribution in [-0.4, -0.2) is 82.5 Å². The molecule has 1 aliphatic rings. The summed E-state index contributed by atoms with van der Waals surface area (Å²) in [5.41, 5.74) is 0. The van der Waals surface area contributed by atoms with Crippen LogP contribution >= 0.6 is 11.8 Å². The summed E-state index contributed by atoms with van der Waals surface area (Å²) in [5, 5.41) is 13.1. The Morgan fingerprint density at radius 3 is 2.61 bits per heavy atom. The van der Waals surface area contributed by atoms with E-state index in [1.807, 2.05) is 11.2 Å². The first-order chi connectivity index (χ1) is 15.0. The number of thioether (sulfide) groups is 1. The van der Waals surface area contributed by atoms with Gasteiger partial charge in [0.05, 0.1) is 6.26 Å². The molecular weight excluding hydrogens is 414 g/mol. The minimum Gasteiger partial charge on any atom is -0.459 e. The third kappa shape index (κ3) is 6.03. The number of nitrogens with one attached hydrogen (secondary N) is 1. The zero-order valence-electron chi connectivity index (χ0n) is 18.9. The van der Waals surface area contributed by atoms with Crippen LogP contribution in [-0.2, 0) is 13.0 Å². The van der Waals surface area contributed by atoms with E-state index in [0.29, 0.717) is 24.8 Å². The number of guanidine groups is 1. The number of carbonyl (C=O) groups is 1. The van der Waals surface area contributed by atoms with Gasteiger partial charge in [-0.15, -0.1) is 10.2 Å². The second-order valence-electron chi connectivity index (χ2n) is 7.94. The smallest absolute Gasteiger partial charge is 0.289 e. The van der Waals surface area contributed by atoms with Gasteiger partial charge in [0.2, 0.25) is 0 Å². The number of piperazine rings is 1. The predicted molar refractivity (Wildman–Crippen MR) is 123 cm³/mol. The lowest BCUT2D eigenvalue weighted by Gasteiger charge is -2.36. The maximum atomic E-state index is 12.4. The molecule has 9 nitrogen and oxygen atoms in total. The summed E-state index contributed by atoms with van der Waals surface area (Å²) in [5.74, 6) is 2.81. The van der Waals surface area contributed by atoms with Gasteiger partial charge in [-0.05, 0) is 30.7 Å². The fourth-order valence-corrected chi connectivity index (χ4v) is 4.18. The molecule has 1 fully saturated rings. The molecule has 0 spiro atoms. The van der Waals surface area contributed by atoms with Gasteiger partial charge in [0.25, 0.3) is 5.91 Å². The van der Waals surface area contributed by atoms with Crippen molar-refractivity contribution >= 4 is 23.6 Å². The number of rotatable bonds is 8. The molecule has 0 radical (unpaired) electrons. The summed E-state index contributed by atoms with van der Waals surface area (Å²) in [6.07, 6.45) is 5.39. The van der Waals surface area contributed by atoms with Crippen molar-refractivity contribution in [1.82, 2.24) is 29.9 Å². The summed E-state index contributed by atoms with van der Waals surface area (Å²) in [7, 11) is 1.80. The van der Waals surface area contributed by atoms with E-state index in [1.54, 1.807) is 30.9 Å². The van der Waals surface area contributed by atoms with E-state index in [0.717, 1.165) is 56.0 Å². The summed E-state index contributed by atoms with van der Waals surface area (Å²) in [4.78, 5) is 20.9. The summed E-state index contributed by atoms with van der Waals surface area (Å²) in [6, 6.07) is 3.45. The third-order valence-electron chi connectivity index (χ3n) is 5.19. The third-order valence-corrected chi connectivity index (χ3v) is 5.86. The van der Waals surface area contributed by atoms with E-state index in [2.05, 4.69) is 43.8 Å². The minimum absolute atomic E-state index is 0.0530. The Kier molecular flexibility index (Phi) is 8.39. The first-order valence-electron chi connectivity index (χ1n) is 10.8. The van der Waals surface area contributed by atoms with E-state index < -0.39 is 0 Å². The zero-order chi connectivity index (χ0) is 22.2. The molecule has 0 bridgehead atoms. The van der Waals surface area contributed by atoms with Crippen LogP contribution in [0.3, 0.4) is 0 Å². The van der Waals surface area contributed by atoms with Gasteiger partial charge >= 0.3 is 0 Å². The number of amides is 1. The van der Waals surface area contributed by atoms with Crippen molar-refractivity contribution in [1.29, 1.82) is 0 Å². The second-order valence-corrected chi connectivity index (χ2v) is 8.71. The molecular formula is C21H33N7O2S. The maximum absolute atomic E-state index is 12.4. The van der Waals surface area contributed by atoms with Gasteiger partial charge in [-0.3, -0.25) is 9.79 Å². The van der Waals surface area contributed by atoms with E-state index in [9.17, 15) is 4.79 Å². The standard InChI is InChI=1S/C21H33N7O2S/c1-16(2)15-28-18(24-25-21(28)31-4)8-5-9-23-20(22-3)27-12-10-26(11-13-27)19(29)17-7-6-14-30-17/h6-7,14,16H,5,8-13,15H2,1-4H3,(H,22,23). The topological polar surface area (TPSA) is 91.8 Å². The molecule has 0 aliphatic carbocycles. The maximum Gasteiger partial charge on any atom is 0.289 e. The van der Waals surface area contributed by atoms with Crippen molar-refractivity contribution in [3.05, 3.63) is 30.0 Å². The van der Waals surface area contributed by atoms with Crippen molar-refractivity contribution < 1.29 is 9.21 Å². The lowest BCUT2D eigenvalue weighted by atomic mass is 10.2. The molecule has 1 saturated heterocycles. The molecule has 0 saturated carbocycles. The van der Waals surface area contributed by atoms with E-state index in [-0.39, 0.29) is 5.91 Å². The van der Waals surface area contributed by atoms with Gasteiger partial charge < -0.3 is 24.1 Å². The van der Waals surface area contributed by atoms with Crippen LogP contribution in [0.1, 0.15) is 36.6 Å². The number of carbonyl (C=O) groups excluding carboxylic acids is 1. The van der Waals surface area contributed by atoms with Gasteiger partial charge in [0.15, 0.2) is 16.9 Å². The highest BCUT2D eigenvalue weighted by molar-refractivity contribution is 7.98. The number of aromatic nitrogens is 3. The van der Waals surface area contributed by atoms with Crippen molar-refractivity contribution in [2.45, 2.75) is 38.4 Å². The van der Waals surface area contributed by atoms with Crippen LogP contribution < -0.4 is 5.32 Å². The number of furan rings is 1. The first-order valence-corrected chi connectivity index (χ1v) is 12.0. The minimum atomic E-state index is -0.0530. The van der Waals surface area contributed by atoms with Gasteiger partial charge in [-0.1, -0.05) is 25.6 Å². The van der Waals surface area contributed by atoms with Crippen molar-refractivity contribution in [2.24, 2.45) is 10.9 Å². The van der Waals surface area contributed by atoms with E-state index in [1.165, 1.54) is 6.26 Å². The van der Waals surface area contributed by atoms with Gasteiger partial charge in [-0.25, -0.2) is 0 Å². The molecule has 2 aromatic heterocycles. The first kappa shape index (κ1) is 23.2. The van der Waals surface area contributed by atoms with Crippen molar-refractivity contribution in [3.63, 3.8) is 0 Å². The predicted octanol–water partition coefficient (Wildman–Crippen LogP) is 2.21. The monoisotopic (exact) mass is 447 g/mol. The highest BCUT2D eigenvalue weighted by Gasteiger charge is 2.25. The largest absolute Gasteiger partial charge is 0.459 e. The molecule has 3 heterocycles. The van der Waals surface area contributed by atoms with Crippen LogP contribution in [0.4, 0.5) is 0 Å². The van der Waals surface area contributed by atoms with Crippen molar-refractivity contribution in [3.8, 4) is 0 Å². The Balaban J connectivity index is 1.44. The van der Waals surface area contributed by atoms with E-state index in [4.69, 9.17) is 4.42 Å². The highest BCUT2D eigenvalue weighted by atomic mass is 32.2. The summed E-state index contributed by atoms with van der Waals surface area (Å²) < 4.78 is 7.47. The Labute approximate surface area is 188 Å². The quantitative estimate of drug-likeness (QED) is 0.287. The Morgan fingerprint density at radius 1 is 1.26 bits per heavy atom. The molecule has 1 N–H and O–H groups in total. The average molecular weight is 448 g/mol. The summed E-state index contributed by atoms with van der Waals surface area (Å²) >= 11 is 1.64. The lowest BCUT2D eigenvalue weighted by molar-refractivity contribution is 0.0658. The fourth-order valence-electron chi connectivity index (χ4n) is 3.66. The number of aryl methyl sites for hydroxylation is 1. The molecule has 31 heavy (non-hydrogen) atoms. The number of hydrogen-bond acceptors (Lipinski definition) is 6. The van der Waals surface area contributed by atoms with Gasteiger partial charge in [-0.2, -0.15) is 0 Å². The number of hydrogen-bond donors (Lipinski definition) is 1. The molecule has 0 unspecified atom stereocenters. The molecule has 1 aliphatic heterocycles. The highest BCUT2D eigenvalue weighted by Crippen LogP contribution is 2.16. The molecule has 170 valence electrons. The number of aliphatic imine (C=N–C) groups is 1. The fraction of sp³-hybridized carbons (Fsp3) is 0.619. The molecule has 3 rings (SSSR count). The Morgan fingerprint density at radius 2 is 2.00 bits per heavy atom. The SMILES string of the molecule is CN=C(NCCCc1nnc(SC)n1CC(C)C)N1CCN(C(=O)c2ccco2)CC1. The molecule has 0 atom stereocenters. The molecule has 2 aromatic rings. The van der Waals surface area contributed by atoms with Crippen LogP contribution in [0.15, 0.2) is 33.0 Å². The lowest BCUT2D eigenvalue weighted by Crippen LogP contribution is -2.53. The van der Waals surface area contributed by atoms with E-state index >= 15 is 0 Å². The molecule has 0 aromatic carbocycles. The molecule has 1 amide bonds. The van der Waals surface area contributed by atoms with Gasteiger partial charge in [0, 0.05) is 52.7 Å². The van der Waals surface area contributed by atoms with Crippen molar-refractivity contribution in [2.75, 3.05) is 46.0 Å². The molecule has 10 heteroatoms. The number of nitrogens with zero attached hydrogens (tertiary/aromatic N) is 6. The van der Waals surface area contributed by atoms with Gasteiger partial charge in [0.1, 0.15) is 5.82 Å². The zero-order valence-corrected chi connectivity index (χ0v) is 19.7. The Hall–Kier alpha value is -2.49. The average Bonchev–Trinajstić information content (AvgIpc) is 3.44. The normalized spacial score (nSPS) is 15.1. The van der Waals surface area contributed by atoms with Crippen LogP contribution in [0.2, 0.25) is 0 Å². The second kappa shape index (κ2) is 11.2. The summed E-state index contributed by atoms with van der Waals surface area (Å²) in [6.45, 7) is 8.95.